The summed E-state index contributed by atoms with van der Waals surface area (Å²) in [6.45, 7) is 3.93. The topological polar surface area (TPSA) is 60.4 Å². The van der Waals surface area contributed by atoms with Crippen LogP contribution in [0.25, 0.3) is 0 Å². The van der Waals surface area contributed by atoms with Gasteiger partial charge in [-0.15, -0.1) is 0 Å². The maximum Gasteiger partial charge on any atom is 0.338 e. The van der Waals surface area contributed by atoms with Crippen molar-refractivity contribution in [1.82, 2.24) is 4.90 Å². The fraction of sp³-hybridized carbons (Fsp3) is 0.333. The Labute approximate surface area is 165 Å². The third-order valence-electron chi connectivity index (χ3n) is 4.09. The van der Waals surface area contributed by atoms with E-state index < -0.39 is 0 Å². The molecule has 0 aromatic heterocycles. The van der Waals surface area contributed by atoms with E-state index in [-0.39, 0.29) is 12.0 Å². The molecule has 0 aliphatic carbocycles. The molecule has 8 heteroatoms. The number of nitrogens with zero attached hydrogens (tertiary/aromatic N) is 2. The van der Waals surface area contributed by atoms with E-state index in [0.717, 1.165) is 15.2 Å². The number of thioether (sulfide) groups is 1. The highest BCUT2D eigenvalue weighted by Crippen LogP contribution is 2.45. The molecule has 1 atom stereocenters. The Hall–Kier alpha value is -1.93. The molecular weight excluding hydrogens is 420 g/mol. The van der Waals surface area contributed by atoms with Gasteiger partial charge in [0.25, 0.3) is 0 Å². The zero-order valence-electron chi connectivity index (χ0n) is 14.9. The van der Waals surface area contributed by atoms with Gasteiger partial charge in [0.2, 0.25) is 0 Å². The highest BCUT2D eigenvalue weighted by atomic mass is 79.9. The molecule has 0 saturated carbocycles. The number of hydrogen-bond donors (Lipinski definition) is 0. The van der Waals surface area contributed by atoms with Crippen molar-refractivity contribution in [2.24, 2.45) is 4.99 Å². The quantitative estimate of drug-likeness (QED) is 0.640. The molecule has 0 radical (unpaired) electrons. The minimum atomic E-state index is -0.367. The number of carbonyl (C=O) groups is 1. The number of aliphatic imine (C=N–C) groups is 1. The molecule has 1 aromatic rings. The van der Waals surface area contributed by atoms with Gasteiger partial charge in [0.1, 0.15) is 0 Å². The fourth-order valence-corrected chi connectivity index (χ4v) is 4.41. The standard InChI is InChI=1S/C18H19BrN2O4S/c1-5-25-17(22)14-10(2)20-18-21(6-7-26-18)15(14)11-8-12(19)16(24-4)13(9-11)23-3/h6-9,15H,5H2,1-4H3/t15-/m0/s1. The van der Waals surface area contributed by atoms with E-state index >= 15 is 0 Å². The molecule has 2 aliphatic heterocycles. The van der Waals surface area contributed by atoms with Crippen LogP contribution in [-0.4, -0.2) is 36.9 Å². The number of hydrogen-bond acceptors (Lipinski definition) is 7. The van der Waals surface area contributed by atoms with E-state index in [0.29, 0.717) is 29.4 Å². The summed E-state index contributed by atoms with van der Waals surface area (Å²) in [4.78, 5) is 19.2. The fourth-order valence-electron chi connectivity index (χ4n) is 2.99. The zero-order chi connectivity index (χ0) is 18.8. The van der Waals surface area contributed by atoms with Gasteiger partial charge in [-0.1, -0.05) is 11.8 Å². The van der Waals surface area contributed by atoms with Gasteiger partial charge < -0.3 is 19.1 Å². The summed E-state index contributed by atoms with van der Waals surface area (Å²) in [6.07, 6.45) is 1.92. The average molecular weight is 439 g/mol. The Morgan fingerprint density at radius 1 is 1.35 bits per heavy atom. The summed E-state index contributed by atoms with van der Waals surface area (Å²) in [5, 5.41) is 2.77. The van der Waals surface area contributed by atoms with Crippen molar-refractivity contribution in [1.29, 1.82) is 0 Å². The second-order valence-electron chi connectivity index (χ2n) is 5.56. The second-order valence-corrected chi connectivity index (χ2v) is 7.29. The molecule has 0 spiro atoms. The normalized spacial score (nSPS) is 18.6. The molecule has 0 amide bonds. The maximum absolute atomic E-state index is 12.7. The second kappa shape index (κ2) is 7.75. The summed E-state index contributed by atoms with van der Waals surface area (Å²) in [6, 6.07) is 3.45. The Balaban J connectivity index is 2.16. The van der Waals surface area contributed by atoms with Crippen molar-refractivity contribution < 1.29 is 19.0 Å². The lowest BCUT2D eigenvalue weighted by molar-refractivity contribution is -0.139. The van der Waals surface area contributed by atoms with Gasteiger partial charge in [-0.05, 0) is 52.9 Å². The third kappa shape index (κ3) is 3.23. The molecule has 26 heavy (non-hydrogen) atoms. The molecule has 0 saturated heterocycles. The number of fused-ring (bicyclic) bond motifs is 1. The predicted octanol–water partition coefficient (Wildman–Crippen LogP) is 4.23. The van der Waals surface area contributed by atoms with Gasteiger partial charge in [-0.25, -0.2) is 9.79 Å². The Bertz CT molecular complexity index is 835. The molecule has 1 aromatic carbocycles. The van der Waals surface area contributed by atoms with Crippen molar-refractivity contribution in [3.63, 3.8) is 0 Å². The Kier molecular flexibility index (Phi) is 5.62. The van der Waals surface area contributed by atoms with Gasteiger partial charge in [-0.3, -0.25) is 0 Å². The van der Waals surface area contributed by atoms with Crippen molar-refractivity contribution in [3.8, 4) is 11.5 Å². The number of halogens is 1. The molecule has 0 N–H and O–H groups in total. The first kappa shape index (κ1) is 18.8. The van der Waals surface area contributed by atoms with E-state index in [1.54, 1.807) is 21.1 Å². The number of esters is 1. The molecule has 2 aliphatic rings. The number of amidine groups is 1. The number of carbonyl (C=O) groups excluding carboxylic acids is 1. The van der Waals surface area contributed by atoms with Crippen LogP contribution in [0.1, 0.15) is 25.5 Å². The largest absolute Gasteiger partial charge is 0.493 e. The van der Waals surface area contributed by atoms with Crippen LogP contribution >= 0.6 is 27.7 Å². The highest BCUT2D eigenvalue weighted by molar-refractivity contribution is 9.10. The minimum Gasteiger partial charge on any atom is -0.493 e. The summed E-state index contributed by atoms with van der Waals surface area (Å²) in [5.74, 6) is 0.817. The van der Waals surface area contributed by atoms with Crippen LogP contribution in [0.15, 0.2) is 44.5 Å². The van der Waals surface area contributed by atoms with Crippen LogP contribution in [0, 0.1) is 0 Å². The minimum absolute atomic E-state index is 0.305. The van der Waals surface area contributed by atoms with E-state index in [4.69, 9.17) is 14.2 Å². The monoisotopic (exact) mass is 438 g/mol. The first-order valence-corrected chi connectivity index (χ1v) is 9.68. The number of rotatable bonds is 5. The van der Waals surface area contributed by atoms with Gasteiger partial charge in [-0.2, -0.15) is 0 Å². The molecule has 6 nitrogen and oxygen atoms in total. The van der Waals surface area contributed by atoms with Gasteiger partial charge in [0.05, 0.1) is 42.6 Å². The highest BCUT2D eigenvalue weighted by Gasteiger charge is 2.38. The predicted molar refractivity (Wildman–Crippen MR) is 105 cm³/mol. The van der Waals surface area contributed by atoms with E-state index in [1.807, 2.05) is 35.6 Å². The van der Waals surface area contributed by atoms with Crippen LogP contribution in [0.3, 0.4) is 0 Å². The van der Waals surface area contributed by atoms with Crippen molar-refractivity contribution in [3.05, 3.63) is 45.0 Å². The summed E-state index contributed by atoms with van der Waals surface area (Å²) in [7, 11) is 3.17. The lowest BCUT2D eigenvalue weighted by atomic mass is 9.94. The molecule has 2 heterocycles. The summed E-state index contributed by atoms with van der Waals surface area (Å²) in [5.41, 5.74) is 2.04. The van der Waals surface area contributed by atoms with Gasteiger partial charge >= 0.3 is 5.97 Å². The van der Waals surface area contributed by atoms with Crippen molar-refractivity contribution in [2.45, 2.75) is 19.9 Å². The molecule has 0 bridgehead atoms. The van der Waals surface area contributed by atoms with Crippen LogP contribution in [0.5, 0.6) is 11.5 Å². The lowest BCUT2D eigenvalue weighted by Crippen LogP contribution is -2.34. The van der Waals surface area contributed by atoms with Crippen LogP contribution in [0.2, 0.25) is 0 Å². The smallest absolute Gasteiger partial charge is 0.338 e. The van der Waals surface area contributed by atoms with E-state index in [2.05, 4.69) is 20.9 Å². The first-order chi connectivity index (χ1) is 12.5. The number of ether oxygens (including phenoxy) is 3. The Morgan fingerprint density at radius 3 is 2.77 bits per heavy atom. The number of allylic oxidation sites excluding steroid dienone is 1. The number of benzene rings is 1. The number of methoxy groups -OCH3 is 2. The zero-order valence-corrected chi connectivity index (χ0v) is 17.3. The van der Waals surface area contributed by atoms with Crippen LogP contribution in [0.4, 0.5) is 0 Å². The Morgan fingerprint density at radius 2 is 2.12 bits per heavy atom. The SMILES string of the molecule is CCOC(=O)C1=C(C)N=C2SC=CN2[C@H]1c1cc(Br)c(OC)c(OC)c1. The first-order valence-electron chi connectivity index (χ1n) is 8.01. The average Bonchev–Trinajstić information content (AvgIpc) is 3.07. The summed E-state index contributed by atoms with van der Waals surface area (Å²) < 4.78 is 16.9. The van der Waals surface area contributed by atoms with Gasteiger partial charge in [0, 0.05) is 6.20 Å². The molecular formula is C18H19BrN2O4S. The van der Waals surface area contributed by atoms with E-state index in [9.17, 15) is 4.79 Å². The van der Waals surface area contributed by atoms with Crippen LogP contribution in [-0.2, 0) is 9.53 Å². The molecule has 0 fully saturated rings. The summed E-state index contributed by atoms with van der Waals surface area (Å²) >= 11 is 5.05. The van der Waals surface area contributed by atoms with Gasteiger partial charge in [0.15, 0.2) is 16.7 Å². The van der Waals surface area contributed by atoms with E-state index in [1.165, 1.54) is 11.8 Å². The maximum atomic E-state index is 12.7. The molecule has 3 rings (SSSR count). The lowest BCUT2D eigenvalue weighted by Gasteiger charge is -2.33. The van der Waals surface area contributed by atoms with Crippen molar-refractivity contribution in [2.75, 3.05) is 20.8 Å². The van der Waals surface area contributed by atoms with Crippen LogP contribution < -0.4 is 9.47 Å². The van der Waals surface area contributed by atoms with Crippen molar-refractivity contribution >= 4 is 38.8 Å². The molecule has 138 valence electrons. The third-order valence-corrected chi connectivity index (χ3v) is 5.45. The molecule has 0 unspecified atom stereocenters.